The summed E-state index contributed by atoms with van der Waals surface area (Å²) < 4.78 is 5.16. The summed E-state index contributed by atoms with van der Waals surface area (Å²) in [7, 11) is 1.29. The van der Waals surface area contributed by atoms with E-state index < -0.39 is 40.7 Å². The maximum Gasteiger partial charge on any atom is 0.311 e. The number of aryl methyl sites for hydroxylation is 1. The number of methoxy groups -OCH3 is 1. The summed E-state index contributed by atoms with van der Waals surface area (Å²) in [5, 5.41) is 11.4. The molecule has 0 spiro atoms. The highest BCUT2D eigenvalue weighted by atomic mass is 16.6. The van der Waals surface area contributed by atoms with Gasteiger partial charge in [0.1, 0.15) is 0 Å². The monoisotopic (exact) mass is 447 g/mol. The number of imide groups is 1. The lowest BCUT2D eigenvalue weighted by molar-refractivity contribution is -0.385. The molecule has 3 aliphatic rings. The molecule has 2 saturated heterocycles. The number of carbonyl (C=O) groups is 3. The SMILES string of the molecule is COc1cc(N2C(=O)[C@@H]3[C@H](C2=O)C2c4ccccc4C=CN2[C@@H]3C(C)=O)c(C)cc1[N+](=O)[O-]. The summed E-state index contributed by atoms with van der Waals surface area (Å²) in [6, 6.07) is 9.03. The van der Waals surface area contributed by atoms with Crippen molar-refractivity contribution in [2.75, 3.05) is 12.0 Å². The zero-order valence-corrected chi connectivity index (χ0v) is 18.2. The minimum Gasteiger partial charge on any atom is -0.490 e. The number of hydrogen-bond acceptors (Lipinski definition) is 7. The fourth-order valence-corrected chi connectivity index (χ4v) is 5.47. The van der Waals surface area contributed by atoms with Crippen molar-refractivity contribution in [2.24, 2.45) is 11.8 Å². The van der Waals surface area contributed by atoms with Crippen molar-refractivity contribution in [3.05, 3.63) is 69.4 Å². The number of Topliss-reactive ketones (excluding diaryl/α,β-unsaturated/α-hetero) is 1. The lowest BCUT2D eigenvalue weighted by atomic mass is 9.84. The number of nitro benzene ring substituents is 1. The summed E-state index contributed by atoms with van der Waals surface area (Å²) in [5.74, 6) is -2.75. The van der Waals surface area contributed by atoms with E-state index in [2.05, 4.69) is 0 Å². The Labute approximate surface area is 189 Å². The van der Waals surface area contributed by atoms with E-state index in [1.807, 2.05) is 35.2 Å². The van der Waals surface area contributed by atoms with Crippen LogP contribution in [-0.2, 0) is 14.4 Å². The number of amides is 2. The molecular formula is C24H21N3O6. The molecule has 0 aliphatic carbocycles. The first-order valence-electron chi connectivity index (χ1n) is 10.5. The van der Waals surface area contributed by atoms with Crippen LogP contribution < -0.4 is 9.64 Å². The molecule has 0 aromatic heterocycles. The van der Waals surface area contributed by atoms with Gasteiger partial charge >= 0.3 is 5.69 Å². The molecule has 0 N–H and O–H groups in total. The molecule has 9 nitrogen and oxygen atoms in total. The highest BCUT2D eigenvalue weighted by Crippen LogP contribution is 2.53. The minimum atomic E-state index is -0.851. The number of rotatable bonds is 4. The second-order valence-corrected chi connectivity index (χ2v) is 8.52. The number of nitrogens with zero attached hydrogens (tertiary/aromatic N) is 3. The first kappa shape index (κ1) is 20.9. The number of hydrogen-bond donors (Lipinski definition) is 0. The Morgan fingerprint density at radius 2 is 1.82 bits per heavy atom. The Bertz CT molecular complexity index is 1270. The van der Waals surface area contributed by atoms with Gasteiger partial charge in [-0.25, -0.2) is 4.90 Å². The number of anilines is 1. The lowest BCUT2D eigenvalue weighted by Gasteiger charge is -2.35. The van der Waals surface area contributed by atoms with Crippen LogP contribution in [-0.4, -0.2) is 40.6 Å². The van der Waals surface area contributed by atoms with Gasteiger partial charge in [0, 0.05) is 18.3 Å². The highest BCUT2D eigenvalue weighted by Gasteiger charge is 2.64. The van der Waals surface area contributed by atoms with Gasteiger partial charge in [-0.05, 0) is 36.6 Å². The van der Waals surface area contributed by atoms with Gasteiger partial charge in [0.05, 0.1) is 41.6 Å². The molecule has 0 bridgehead atoms. The minimum absolute atomic E-state index is 0.0473. The second-order valence-electron chi connectivity index (χ2n) is 8.52. The molecule has 1 unspecified atom stereocenters. The normalized spacial score (nSPS) is 25.1. The standard InChI is InChI=1S/C24H21N3O6/c1-12-10-17(27(31)32)18(33-3)11-16(12)26-23(29)19-20(24(26)30)22-15-7-5-4-6-14(15)8-9-25(22)21(19)13(2)28/h4-11,19-22H,1-3H3/t19-,20+,21-,22?/m1/s1. The molecule has 2 fully saturated rings. The molecule has 9 heteroatoms. The van der Waals surface area contributed by atoms with E-state index in [0.717, 1.165) is 16.0 Å². The van der Waals surface area contributed by atoms with E-state index in [0.29, 0.717) is 5.56 Å². The lowest BCUT2D eigenvalue weighted by Crippen LogP contribution is -2.43. The third kappa shape index (κ3) is 2.81. The van der Waals surface area contributed by atoms with E-state index in [1.165, 1.54) is 26.2 Å². The summed E-state index contributed by atoms with van der Waals surface area (Å²) in [6.07, 6.45) is 3.68. The molecule has 0 radical (unpaired) electrons. The molecule has 33 heavy (non-hydrogen) atoms. The van der Waals surface area contributed by atoms with Crippen molar-refractivity contribution >= 4 is 35.0 Å². The molecule has 2 aromatic rings. The van der Waals surface area contributed by atoms with Crippen LogP contribution in [0.5, 0.6) is 5.75 Å². The molecule has 3 heterocycles. The van der Waals surface area contributed by atoms with E-state index in [4.69, 9.17) is 4.74 Å². The van der Waals surface area contributed by atoms with E-state index in [1.54, 1.807) is 13.1 Å². The summed E-state index contributed by atoms with van der Waals surface area (Å²) in [4.78, 5) is 53.8. The predicted molar refractivity (Wildman–Crippen MR) is 118 cm³/mol. The Kier molecular flexibility index (Phi) is 4.59. The molecule has 2 aromatic carbocycles. The van der Waals surface area contributed by atoms with Gasteiger partial charge in [-0.15, -0.1) is 0 Å². The van der Waals surface area contributed by atoms with Gasteiger partial charge in [-0.1, -0.05) is 24.3 Å². The zero-order chi connectivity index (χ0) is 23.6. The second kappa shape index (κ2) is 7.26. The van der Waals surface area contributed by atoms with Crippen LogP contribution in [0.15, 0.2) is 42.6 Å². The number of nitro groups is 1. The third-order valence-electron chi connectivity index (χ3n) is 6.81. The topological polar surface area (TPSA) is 110 Å². The molecule has 168 valence electrons. The van der Waals surface area contributed by atoms with Crippen LogP contribution in [0.2, 0.25) is 0 Å². The molecular weight excluding hydrogens is 426 g/mol. The van der Waals surface area contributed by atoms with Crippen LogP contribution in [0, 0.1) is 28.9 Å². The first-order chi connectivity index (χ1) is 15.8. The van der Waals surface area contributed by atoms with Crippen LogP contribution in [0.1, 0.15) is 29.7 Å². The molecule has 0 saturated carbocycles. The van der Waals surface area contributed by atoms with Crippen molar-refractivity contribution in [3.8, 4) is 5.75 Å². The van der Waals surface area contributed by atoms with Crippen molar-refractivity contribution in [1.29, 1.82) is 0 Å². The maximum atomic E-state index is 13.8. The van der Waals surface area contributed by atoms with Crippen molar-refractivity contribution in [2.45, 2.75) is 25.9 Å². The molecule has 5 rings (SSSR count). The fourth-order valence-electron chi connectivity index (χ4n) is 5.47. The molecule has 4 atom stereocenters. The van der Waals surface area contributed by atoms with Gasteiger partial charge in [-0.3, -0.25) is 24.5 Å². The quantitative estimate of drug-likeness (QED) is 0.402. The number of benzene rings is 2. The largest absolute Gasteiger partial charge is 0.490 e. The average molecular weight is 447 g/mol. The van der Waals surface area contributed by atoms with Crippen LogP contribution in [0.3, 0.4) is 0 Å². The highest BCUT2D eigenvalue weighted by molar-refractivity contribution is 6.24. The third-order valence-corrected chi connectivity index (χ3v) is 6.81. The van der Waals surface area contributed by atoms with E-state index in [9.17, 15) is 24.5 Å². The van der Waals surface area contributed by atoms with Crippen LogP contribution in [0.4, 0.5) is 11.4 Å². The van der Waals surface area contributed by atoms with Crippen LogP contribution >= 0.6 is 0 Å². The Morgan fingerprint density at radius 3 is 2.48 bits per heavy atom. The summed E-state index contributed by atoms with van der Waals surface area (Å²) in [5.41, 5.74) is 2.20. The van der Waals surface area contributed by atoms with E-state index >= 15 is 0 Å². The number of ketones is 1. The Morgan fingerprint density at radius 1 is 1.12 bits per heavy atom. The number of ether oxygens (including phenoxy) is 1. The smallest absolute Gasteiger partial charge is 0.311 e. The Hall–Kier alpha value is -4.01. The van der Waals surface area contributed by atoms with Gasteiger partial charge in [0.2, 0.25) is 11.8 Å². The predicted octanol–water partition coefficient (Wildman–Crippen LogP) is 3.02. The maximum absolute atomic E-state index is 13.8. The summed E-state index contributed by atoms with van der Waals surface area (Å²) in [6.45, 7) is 3.03. The van der Waals surface area contributed by atoms with Crippen molar-refractivity contribution in [1.82, 2.24) is 4.90 Å². The molecule has 2 amide bonds. The van der Waals surface area contributed by atoms with E-state index in [-0.39, 0.29) is 22.9 Å². The Balaban J connectivity index is 1.65. The summed E-state index contributed by atoms with van der Waals surface area (Å²) >= 11 is 0. The number of fused-ring (bicyclic) bond motifs is 5. The fraction of sp³-hybridized carbons (Fsp3) is 0.292. The molecule has 3 aliphatic heterocycles. The van der Waals surface area contributed by atoms with Crippen LogP contribution in [0.25, 0.3) is 6.08 Å². The van der Waals surface area contributed by atoms with Crippen molar-refractivity contribution in [3.63, 3.8) is 0 Å². The van der Waals surface area contributed by atoms with Gasteiger partial charge in [0.25, 0.3) is 0 Å². The average Bonchev–Trinajstić information content (AvgIpc) is 3.26. The van der Waals surface area contributed by atoms with Crippen molar-refractivity contribution < 1.29 is 24.0 Å². The van der Waals surface area contributed by atoms with Gasteiger partial charge < -0.3 is 9.64 Å². The zero-order valence-electron chi connectivity index (χ0n) is 18.2. The number of carbonyl (C=O) groups excluding carboxylic acids is 3. The first-order valence-corrected chi connectivity index (χ1v) is 10.5. The van der Waals surface area contributed by atoms with Gasteiger partial charge in [0.15, 0.2) is 11.5 Å². The van der Waals surface area contributed by atoms with Gasteiger partial charge in [-0.2, -0.15) is 0 Å².